The first-order valence-electron chi connectivity index (χ1n) is 9.60. The molecule has 3 heterocycles. The molecule has 0 radical (unpaired) electrons. The third-order valence-electron chi connectivity index (χ3n) is 6.15. The number of rotatable bonds is 4. The lowest BCUT2D eigenvalue weighted by molar-refractivity contribution is -0.127. The summed E-state index contributed by atoms with van der Waals surface area (Å²) >= 11 is 0. The van der Waals surface area contributed by atoms with Crippen LogP contribution in [0, 0.1) is 5.92 Å². The van der Waals surface area contributed by atoms with E-state index in [0.717, 1.165) is 45.3 Å². The molecule has 4 nitrogen and oxygen atoms in total. The van der Waals surface area contributed by atoms with Crippen molar-refractivity contribution in [3.8, 4) is 0 Å². The lowest BCUT2D eigenvalue weighted by Gasteiger charge is -2.39. The van der Waals surface area contributed by atoms with Crippen molar-refractivity contribution in [2.24, 2.45) is 5.92 Å². The molecule has 2 N–H and O–H groups in total. The average molecular weight is 327 g/mol. The first-order chi connectivity index (χ1) is 11.8. The molecule has 3 fully saturated rings. The molecule has 2 unspecified atom stereocenters. The number of amides is 1. The fourth-order valence-corrected chi connectivity index (χ4v) is 4.85. The van der Waals surface area contributed by atoms with Crippen LogP contribution < -0.4 is 10.6 Å². The SMILES string of the molecule is O=C(NC1CC2CCC(C1)N2Cc1ccccc1)C1CCNCC1. The average Bonchev–Trinajstić information content (AvgIpc) is 2.86. The van der Waals surface area contributed by atoms with Crippen molar-refractivity contribution in [3.05, 3.63) is 35.9 Å². The number of fused-ring (bicyclic) bond motifs is 2. The van der Waals surface area contributed by atoms with Gasteiger partial charge in [-0.2, -0.15) is 0 Å². The third kappa shape index (κ3) is 3.50. The molecule has 0 aromatic heterocycles. The van der Waals surface area contributed by atoms with Crippen molar-refractivity contribution in [2.45, 2.75) is 63.2 Å². The zero-order chi connectivity index (χ0) is 16.4. The molecule has 24 heavy (non-hydrogen) atoms. The molecule has 4 rings (SSSR count). The number of nitrogens with one attached hydrogen (secondary N) is 2. The van der Waals surface area contributed by atoms with Crippen LogP contribution >= 0.6 is 0 Å². The van der Waals surface area contributed by atoms with Crippen molar-refractivity contribution >= 4 is 5.91 Å². The second-order valence-electron chi connectivity index (χ2n) is 7.74. The van der Waals surface area contributed by atoms with Gasteiger partial charge < -0.3 is 10.6 Å². The Morgan fingerprint density at radius 1 is 1.04 bits per heavy atom. The van der Waals surface area contributed by atoms with E-state index in [1.165, 1.54) is 18.4 Å². The van der Waals surface area contributed by atoms with Gasteiger partial charge in [0.1, 0.15) is 0 Å². The van der Waals surface area contributed by atoms with Gasteiger partial charge >= 0.3 is 0 Å². The van der Waals surface area contributed by atoms with Crippen LogP contribution in [0.3, 0.4) is 0 Å². The summed E-state index contributed by atoms with van der Waals surface area (Å²) in [6.07, 6.45) is 6.81. The van der Waals surface area contributed by atoms with Gasteiger partial charge in [-0.15, -0.1) is 0 Å². The fraction of sp³-hybridized carbons (Fsp3) is 0.650. The molecular weight excluding hydrogens is 298 g/mol. The van der Waals surface area contributed by atoms with Gasteiger partial charge in [0.15, 0.2) is 0 Å². The molecule has 0 saturated carbocycles. The van der Waals surface area contributed by atoms with Crippen molar-refractivity contribution in [1.29, 1.82) is 0 Å². The number of benzene rings is 1. The molecule has 1 aromatic rings. The van der Waals surface area contributed by atoms with Crippen LogP contribution in [-0.2, 0) is 11.3 Å². The third-order valence-corrected chi connectivity index (χ3v) is 6.15. The van der Waals surface area contributed by atoms with Crippen LogP contribution in [0.1, 0.15) is 44.1 Å². The van der Waals surface area contributed by atoms with Gasteiger partial charge in [-0.3, -0.25) is 9.69 Å². The Morgan fingerprint density at radius 2 is 1.71 bits per heavy atom. The Kier molecular flexibility index (Phi) is 4.86. The van der Waals surface area contributed by atoms with Crippen LogP contribution in [0.2, 0.25) is 0 Å². The van der Waals surface area contributed by atoms with Crippen LogP contribution in [0.5, 0.6) is 0 Å². The van der Waals surface area contributed by atoms with E-state index in [1.807, 2.05) is 0 Å². The van der Waals surface area contributed by atoms with Crippen LogP contribution in [0.25, 0.3) is 0 Å². The maximum absolute atomic E-state index is 12.5. The number of carbonyl (C=O) groups is 1. The molecule has 1 amide bonds. The minimum Gasteiger partial charge on any atom is -0.353 e. The first kappa shape index (κ1) is 16.1. The van der Waals surface area contributed by atoms with Crippen LogP contribution in [-0.4, -0.2) is 42.0 Å². The van der Waals surface area contributed by atoms with E-state index in [-0.39, 0.29) is 5.92 Å². The highest BCUT2D eigenvalue weighted by atomic mass is 16.1. The summed E-state index contributed by atoms with van der Waals surface area (Å²) in [7, 11) is 0. The number of nitrogens with zero attached hydrogens (tertiary/aromatic N) is 1. The largest absolute Gasteiger partial charge is 0.353 e. The molecule has 1 aromatic carbocycles. The van der Waals surface area contributed by atoms with Gasteiger partial charge in [0.05, 0.1) is 0 Å². The summed E-state index contributed by atoms with van der Waals surface area (Å²) in [5.41, 5.74) is 1.41. The Hall–Kier alpha value is -1.39. The maximum atomic E-state index is 12.5. The minimum atomic E-state index is 0.228. The van der Waals surface area contributed by atoms with Gasteiger partial charge in [-0.1, -0.05) is 30.3 Å². The molecule has 3 aliphatic heterocycles. The standard InChI is InChI=1S/C20H29N3O/c24-20(16-8-10-21-11-9-16)22-17-12-18-6-7-19(13-17)23(18)14-15-4-2-1-3-5-15/h1-5,16-19,21H,6-14H2,(H,22,24). The van der Waals surface area contributed by atoms with Gasteiger partial charge in [-0.25, -0.2) is 0 Å². The minimum absolute atomic E-state index is 0.228. The number of hydrogen-bond donors (Lipinski definition) is 2. The molecule has 2 atom stereocenters. The normalized spacial score (nSPS) is 31.1. The molecule has 3 saturated heterocycles. The molecule has 0 spiro atoms. The molecule has 130 valence electrons. The van der Waals surface area contributed by atoms with E-state index in [4.69, 9.17) is 0 Å². The Bertz CT molecular complexity index is 541. The smallest absolute Gasteiger partial charge is 0.223 e. The summed E-state index contributed by atoms with van der Waals surface area (Å²) < 4.78 is 0. The summed E-state index contributed by atoms with van der Waals surface area (Å²) in [6, 6.07) is 12.5. The molecular formula is C20H29N3O. The number of hydrogen-bond acceptors (Lipinski definition) is 3. The summed E-state index contributed by atoms with van der Waals surface area (Å²) in [4.78, 5) is 15.2. The van der Waals surface area contributed by atoms with E-state index in [2.05, 4.69) is 45.9 Å². The Balaban J connectivity index is 1.33. The van der Waals surface area contributed by atoms with E-state index in [1.54, 1.807) is 0 Å². The Labute approximate surface area is 145 Å². The number of piperidine rings is 2. The van der Waals surface area contributed by atoms with Crippen LogP contribution in [0.4, 0.5) is 0 Å². The van der Waals surface area contributed by atoms with Gasteiger partial charge in [0.25, 0.3) is 0 Å². The summed E-state index contributed by atoms with van der Waals surface area (Å²) in [5.74, 6) is 0.531. The monoisotopic (exact) mass is 327 g/mol. The fourth-order valence-electron chi connectivity index (χ4n) is 4.85. The highest BCUT2D eigenvalue weighted by Crippen LogP contribution is 2.37. The quantitative estimate of drug-likeness (QED) is 0.892. The lowest BCUT2D eigenvalue weighted by Crippen LogP contribution is -2.51. The summed E-state index contributed by atoms with van der Waals surface area (Å²) in [6.45, 7) is 3.03. The zero-order valence-electron chi connectivity index (χ0n) is 14.4. The van der Waals surface area contributed by atoms with E-state index in [0.29, 0.717) is 24.0 Å². The molecule has 2 bridgehead atoms. The van der Waals surface area contributed by atoms with Gasteiger partial charge in [0, 0.05) is 30.6 Å². The molecule has 4 heteroatoms. The Morgan fingerprint density at radius 3 is 2.38 bits per heavy atom. The maximum Gasteiger partial charge on any atom is 0.223 e. The van der Waals surface area contributed by atoms with Gasteiger partial charge in [0.2, 0.25) is 5.91 Å². The highest BCUT2D eigenvalue weighted by molar-refractivity contribution is 5.79. The second-order valence-corrected chi connectivity index (χ2v) is 7.74. The first-order valence-corrected chi connectivity index (χ1v) is 9.60. The topological polar surface area (TPSA) is 44.4 Å². The van der Waals surface area contributed by atoms with E-state index in [9.17, 15) is 4.79 Å². The van der Waals surface area contributed by atoms with Crippen molar-refractivity contribution in [1.82, 2.24) is 15.5 Å². The molecule has 3 aliphatic rings. The predicted octanol–water partition coefficient (Wildman–Crippen LogP) is 2.30. The second kappa shape index (κ2) is 7.24. The molecule has 0 aliphatic carbocycles. The van der Waals surface area contributed by atoms with E-state index >= 15 is 0 Å². The van der Waals surface area contributed by atoms with Crippen LogP contribution in [0.15, 0.2) is 30.3 Å². The van der Waals surface area contributed by atoms with Crippen molar-refractivity contribution < 1.29 is 4.79 Å². The number of carbonyl (C=O) groups excluding carboxylic acids is 1. The zero-order valence-corrected chi connectivity index (χ0v) is 14.4. The van der Waals surface area contributed by atoms with E-state index < -0.39 is 0 Å². The van der Waals surface area contributed by atoms with Crippen molar-refractivity contribution in [3.63, 3.8) is 0 Å². The lowest BCUT2D eigenvalue weighted by atomic mass is 9.93. The van der Waals surface area contributed by atoms with Crippen molar-refractivity contribution in [2.75, 3.05) is 13.1 Å². The highest BCUT2D eigenvalue weighted by Gasteiger charge is 2.41. The predicted molar refractivity (Wildman–Crippen MR) is 95.6 cm³/mol. The summed E-state index contributed by atoms with van der Waals surface area (Å²) in [5, 5.41) is 6.72. The van der Waals surface area contributed by atoms with Gasteiger partial charge in [-0.05, 0) is 57.2 Å².